The second-order valence-corrected chi connectivity index (χ2v) is 5.43. The number of amides is 2. The number of rotatable bonds is 6. The van der Waals surface area contributed by atoms with Crippen LogP contribution in [0.5, 0.6) is 0 Å². The summed E-state index contributed by atoms with van der Waals surface area (Å²) in [5.74, 6) is -0.969. The van der Waals surface area contributed by atoms with E-state index in [1.165, 1.54) is 12.1 Å². The summed E-state index contributed by atoms with van der Waals surface area (Å²) in [5.41, 5.74) is 2.11. The number of hydrogen-bond acceptors (Lipinski definition) is 2. The molecule has 120 valence electrons. The number of aromatic carboxylic acids is 1. The fraction of sp³-hybridized carbons (Fsp3) is 0.176. The Bertz CT molecular complexity index is 686. The monoisotopic (exact) mass is 332 g/mol. The van der Waals surface area contributed by atoms with Gasteiger partial charge in [-0.05, 0) is 41.8 Å². The van der Waals surface area contributed by atoms with Crippen molar-refractivity contribution < 1.29 is 14.7 Å². The molecule has 0 unspecified atom stereocenters. The lowest BCUT2D eigenvalue weighted by molar-refractivity contribution is 0.0697. The molecule has 2 aromatic rings. The van der Waals surface area contributed by atoms with Crippen LogP contribution in [0.15, 0.2) is 48.5 Å². The second kappa shape index (κ2) is 8.19. The summed E-state index contributed by atoms with van der Waals surface area (Å²) < 4.78 is 0. The molecule has 0 saturated heterocycles. The zero-order valence-electron chi connectivity index (χ0n) is 12.4. The third-order valence-electron chi connectivity index (χ3n) is 3.24. The van der Waals surface area contributed by atoms with Crippen LogP contribution < -0.4 is 10.6 Å². The first-order valence-electron chi connectivity index (χ1n) is 7.13. The molecule has 0 aliphatic carbocycles. The molecule has 0 aliphatic rings. The Balaban J connectivity index is 1.71. The summed E-state index contributed by atoms with van der Waals surface area (Å²) in [6, 6.07) is 13.6. The van der Waals surface area contributed by atoms with E-state index in [-0.39, 0.29) is 11.6 Å². The topological polar surface area (TPSA) is 78.4 Å². The highest BCUT2D eigenvalue weighted by Gasteiger charge is 2.03. The van der Waals surface area contributed by atoms with Crippen molar-refractivity contribution in [3.05, 3.63) is 70.2 Å². The average Bonchev–Trinajstić information content (AvgIpc) is 2.53. The number of carbonyl (C=O) groups excluding carboxylic acids is 1. The van der Waals surface area contributed by atoms with Crippen LogP contribution in [0.25, 0.3) is 0 Å². The van der Waals surface area contributed by atoms with Gasteiger partial charge in [0.1, 0.15) is 0 Å². The van der Waals surface area contributed by atoms with Crippen LogP contribution in [-0.4, -0.2) is 23.7 Å². The molecule has 3 N–H and O–H groups in total. The number of urea groups is 1. The molecule has 0 saturated carbocycles. The van der Waals surface area contributed by atoms with E-state index in [0.29, 0.717) is 24.5 Å². The minimum atomic E-state index is -0.969. The lowest BCUT2D eigenvalue weighted by Crippen LogP contribution is -2.36. The summed E-state index contributed by atoms with van der Waals surface area (Å²) in [6.45, 7) is 0.840. The van der Waals surface area contributed by atoms with Crippen LogP contribution in [-0.2, 0) is 13.0 Å². The van der Waals surface area contributed by atoms with Crippen LogP contribution in [0, 0.1) is 0 Å². The Labute approximate surface area is 139 Å². The molecule has 2 amide bonds. The van der Waals surface area contributed by atoms with Crippen molar-refractivity contribution in [2.75, 3.05) is 6.54 Å². The van der Waals surface area contributed by atoms with Gasteiger partial charge in [0.15, 0.2) is 0 Å². The molecule has 2 aromatic carbocycles. The van der Waals surface area contributed by atoms with Gasteiger partial charge < -0.3 is 15.7 Å². The molecule has 2 rings (SSSR count). The molecule has 0 aromatic heterocycles. The molecule has 6 heteroatoms. The Hall–Kier alpha value is -2.53. The third kappa shape index (κ3) is 5.64. The van der Waals surface area contributed by atoms with Gasteiger partial charge in [-0.3, -0.25) is 0 Å². The minimum Gasteiger partial charge on any atom is -0.478 e. The highest BCUT2D eigenvalue weighted by Crippen LogP contribution is 2.10. The highest BCUT2D eigenvalue weighted by atomic mass is 35.5. The van der Waals surface area contributed by atoms with Crippen molar-refractivity contribution in [2.45, 2.75) is 13.0 Å². The van der Waals surface area contributed by atoms with Gasteiger partial charge in [0, 0.05) is 18.1 Å². The zero-order chi connectivity index (χ0) is 16.7. The van der Waals surface area contributed by atoms with E-state index in [0.717, 1.165) is 11.1 Å². The number of benzene rings is 2. The molecule has 23 heavy (non-hydrogen) atoms. The number of carboxylic acids is 1. The minimum absolute atomic E-state index is 0.222. The number of carbonyl (C=O) groups is 2. The molecule has 5 nitrogen and oxygen atoms in total. The summed E-state index contributed by atoms with van der Waals surface area (Å²) in [6.07, 6.45) is 0.696. The van der Waals surface area contributed by atoms with E-state index in [2.05, 4.69) is 10.6 Å². The fourth-order valence-corrected chi connectivity index (χ4v) is 2.24. The smallest absolute Gasteiger partial charge is 0.335 e. The van der Waals surface area contributed by atoms with E-state index in [1.54, 1.807) is 18.2 Å². The van der Waals surface area contributed by atoms with E-state index in [4.69, 9.17) is 16.7 Å². The maximum absolute atomic E-state index is 11.7. The van der Waals surface area contributed by atoms with Gasteiger partial charge in [0.25, 0.3) is 0 Å². The first kappa shape index (κ1) is 16.8. The van der Waals surface area contributed by atoms with Crippen LogP contribution in [0.1, 0.15) is 21.5 Å². The highest BCUT2D eigenvalue weighted by molar-refractivity contribution is 6.30. The first-order valence-corrected chi connectivity index (χ1v) is 7.51. The third-order valence-corrected chi connectivity index (χ3v) is 3.48. The maximum Gasteiger partial charge on any atom is 0.335 e. The Morgan fingerprint density at radius 1 is 1.00 bits per heavy atom. The fourth-order valence-electron chi connectivity index (χ4n) is 2.02. The number of halogens is 1. The summed E-state index contributed by atoms with van der Waals surface area (Å²) >= 11 is 5.90. The second-order valence-electron chi connectivity index (χ2n) is 4.99. The molecule has 0 heterocycles. The van der Waals surface area contributed by atoms with Gasteiger partial charge in [0.2, 0.25) is 0 Å². The average molecular weight is 333 g/mol. The largest absolute Gasteiger partial charge is 0.478 e. The summed E-state index contributed by atoms with van der Waals surface area (Å²) in [4.78, 5) is 22.5. The molecule has 0 atom stereocenters. The van der Waals surface area contributed by atoms with E-state index in [9.17, 15) is 9.59 Å². The van der Waals surface area contributed by atoms with Gasteiger partial charge >= 0.3 is 12.0 Å². The Kier molecular flexibility index (Phi) is 6.00. The van der Waals surface area contributed by atoms with Crippen LogP contribution in [0.3, 0.4) is 0 Å². The lowest BCUT2D eigenvalue weighted by Gasteiger charge is -2.08. The Morgan fingerprint density at radius 3 is 2.39 bits per heavy atom. The molecular formula is C17H17ClN2O3. The van der Waals surface area contributed by atoms with Crippen molar-refractivity contribution in [2.24, 2.45) is 0 Å². The summed E-state index contributed by atoms with van der Waals surface area (Å²) in [7, 11) is 0. The van der Waals surface area contributed by atoms with Crippen molar-refractivity contribution in [3.8, 4) is 0 Å². The van der Waals surface area contributed by atoms with Crippen molar-refractivity contribution in [1.29, 1.82) is 0 Å². The standard InChI is InChI=1S/C17H17ClN2O3/c18-15-3-1-2-12(10-15)8-9-19-17(23)20-11-13-4-6-14(7-5-13)16(21)22/h1-7,10H,8-9,11H2,(H,21,22)(H2,19,20,23). The van der Waals surface area contributed by atoms with Gasteiger partial charge in [-0.1, -0.05) is 35.9 Å². The van der Waals surface area contributed by atoms with Crippen molar-refractivity contribution in [1.82, 2.24) is 10.6 Å². The predicted molar refractivity (Wildman–Crippen MR) is 88.8 cm³/mol. The van der Waals surface area contributed by atoms with Gasteiger partial charge in [0.05, 0.1) is 5.56 Å². The number of nitrogens with one attached hydrogen (secondary N) is 2. The van der Waals surface area contributed by atoms with Crippen LogP contribution in [0.4, 0.5) is 4.79 Å². The van der Waals surface area contributed by atoms with Gasteiger partial charge in [-0.25, -0.2) is 9.59 Å². The molecule has 0 bridgehead atoms. The Morgan fingerprint density at radius 2 is 1.74 bits per heavy atom. The van der Waals surface area contributed by atoms with E-state index < -0.39 is 5.97 Å². The maximum atomic E-state index is 11.7. The molecule has 0 fully saturated rings. The predicted octanol–water partition coefficient (Wildman–Crippen LogP) is 3.08. The van der Waals surface area contributed by atoms with E-state index >= 15 is 0 Å². The number of hydrogen-bond donors (Lipinski definition) is 3. The molecule has 0 radical (unpaired) electrons. The van der Waals surface area contributed by atoms with E-state index in [1.807, 2.05) is 18.2 Å². The van der Waals surface area contributed by atoms with Crippen molar-refractivity contribution >= 4 is 23.6 Å². The molecule has 0 spiro atoms. The van der Waals surface area contributed by atoms with Gasteiger partial charge in [-0.15, -0.1) is 0 Å². The van der Waals surface area contributed by atoms with Crippen molar-refractivity contribution in [3.63, 3.8) is 0 Å². The van der Waals surface area contributed by atoms with Crippen LogP contribution in [0.2, 0.25) is 5.02 Å². The lowest BCUT2D eigenvalue weighted by atomic mass is 10.1. The zero-order valence-corrected chi connectivity index (χ0v) is 13.1. The molecule has 0 aliphatic heterocycles. The first-order chi connectivity index (χ1) is 11.0. The van der Waals surface area contributed by atoms with Crippen LogP contribution >= 0.6 is 11.6 Å². The normalized spacial score (nSPS) is 10.1. The number of carboxylic acid groups (broad SMARTS) is 1. The quantitative estimate of drug-likeness (QED) is 0.760. The SMILES string of the molecule is O=C(NCCc1cccc(Cl)c1)NCc1ccc(C(=O)O)cc1. The van der Waals surface area contributed by atoms with Gasteiger partial charge in [-0.2, -0.15) is 0 Å². The summed E-state index contributed by atoms with van der Waals surface area (Å²) in [5, 5.41) is 15.0. The molecular weight excluding hydrogens is 316 g/mol.